The molecule has 0 aromatic heterocycles. The molecule has 4 atom stereocenters. The maximum absolute atomic E-state index is 6.09. The van der Waals surface area contributed by atoms with E-state index in [4.69, 9.17) is 14.2 Å². The van der Waals surface area contributed by atoms with Crippen LogP contribution in [0.2, 0.25) is 0 Å². The van der Waals surface area contributed by atoms with Crippen molar-refractivity contribution in [2.75, 3.05) is 13.2 Å². The fourth-order valence-electron chi connectivity index (χ4n) is 1.70. The van der Waals surface area contributed by atoms with Crippen molar-refractivity contribution in [1.29, 1.82) is 0 Å². The summed E-state index contributed by atoms with van der Waals surface area (Å²) in [4.78, 5) is 0. The maximum atomic E-state index is 6.09. The zero-order valence-corrected chi connectivity index (χ0v) is 11.7. The van der Waals surface area contributed by atoms with Gasteiger partial charge in [0.2, 0.25) is 0 Å². The van der Waals surface area contributed by atoms with Crippen LogP contribution < -0.4 is 0 Å². The van der Waals surface area contributed by atoms with E-state index in [1.54, 1.807) is 0 Å². The molecule has 0 amide bonds. The highest BCUT2D eigenvalue weighted by Crippen LogP contribution is 2.25. The molecule has 2 fully saturated rings. The van der Waals surface area contributed by atoms with Gasteiger partial charge in [0.25, 0.3) is 0 Å². The first-order chi connectivity index (χ1) is 9.06. The van der Waals surface area contributed by atoms with E-state index in [-0.39, 0.29) is 24.4 Å². The van der Waals surface area contributed by atoms with E-state index in [2.05, 4.69) is 13.2 Å². The van der Waals surface area contributed by atoms with Gasteiger partial charge in [-0.15, -0.1) is 0 Å². The van der Waals surface area contributed by atoms with Crippen LogP contribution in [-0.2, 0) is 14.2 Å². The summed E-state index contributed by atoms with van der Waals surface area (Å²) in [6, 6.07) is 0. The van der Waals surface area contributed by atoms with Crippen LogP contribution in [0.15, 0.2) is 48.6 Å². The lowest BCUT2D eigenvalue weighted by molar-refractivity contribution is 0.0115. The van der Waals surface area contributed by atoms with E-state index in [9.17, 15) is 0 Å². The molecule has 2 rings (SSSR count). The van der Waals surface area contributed by atoms with Crippen molar-refractivity contribution >= 4 is 0 Å². The van der Waals surface area contributed by atoms with Crippen molar-refractivity contribution in [3.8, 4) is 0 Å². The Morgan fingerprint density at radius 2 is 1.37 bits per heavy atom. The summed E-state index contributed by atoms with van der Waals surface area (Å²) in [7, 11) is 0. The van der Waals surface area contributed by atoms with Gasteiger partial charge >= 0.3 is 0 Å². The molecule has 4 unspecified atom stereocenters. The molecule has 104 valence electrons. The normalized spacial score (nSPS) is 28.5. The van der Waals surface area contributed by atoms with Crippen molar-refractivity contribution in [3.63, 3.8) is 0 Å². The first-order valence-electron chi connectivity index (χ1n) is 6.62. The van der Waals surface area contributed by atoms with Gasteiger partial charge in [-0.05, 0) is 13.8 Å². The highest BCUT2D eigenvalue weighted by molar-refractivity contribution is 5.17. The first-order valence-corrected chi connectivity index (χ1v) is 6.62. The van der Waals surface area contributed by atoms with Crippen molar-refractivity contribution in [2.45, 2.75) is 38.3 Å². The van der Waals surface area contributed by atoms with E-state index >= 15 is 0 Å². The minimum absolute atomic E-state index is 0.0410. The van der Waals surface area contributed by atoms with E-state index in [0.717, 1.165) is 24.4 Å². The smallest absolute Gasteiger partial charge is 0.111 e. The third-order valence-corrected chi connectivity index (χ3v) is 2.91. The summed E-state index contributed by atoms with van der Waals surface area (Å²) < 4.78 is 16.8. The average Bonchev–Trinajstić information content (AvgIpc) is 3.17. The number of allylic oxidation sites excluding steroid dienone is 4. The summed E-state index contributed by atoms with van der Waals surface area (Å²) in [5.41, 5.74) is 2.01. The monoisotopic (exact) mass is 262 g/mol. The van der Waals surface area contributed by atoms with E-state index in [1.165, 1.54) is 0 Å². The molecule has 3 nitrogen and oxygen atoms in total. The van der Waals surface area contributed by atoms with Gasteiger partial charge in [-0.3, -0.25) is 0 Å². The molecule has 2 aliphatic heterocycles. The minimum atomic E-state index is -0.0410. The SMILES string of the molecule is C=C(C)C=CC(OC(C=CC(=C)C)C1CO1)C1CO1. The van der Waals surface area contributed by atoms with Gasteiger partial charge in [0.1, 0.15) is 24.4 Å². The second-order valence-corrected chi connectivity index (χ2v) is 5.22. The molecule has 0 spiro atoms. The van der Waals surface area contributed by atoms with Crippen LogP contribution in [0.3, 0.4) is 0 Å². The molecule has 2 aliphatic rings. The fourth-order valence-corrected chi connectivity index (χ4v) is 1.70. The second kappa shape index (κ2) is 6.33. The highest BCUT2D eigenvalue weighted by Gasteiger charge is 2.38. The van der Waals surface area contributed by atoms with Crippen LogP contribution in [0.5, 0.6) is 0 Å². The third kappa shape index (κ3) is 5.15. The molecule has 0 bridgehead atoms. The number of ether oxygens (including phenoxy) is 3. The van der Waals surface area contributed by atoms with Crippen molar-refractivity contribution in [2.24, 2.45) is 0 Å². The molecule has 2 heterocycles. The lowest BCUT2D eigenvalue weighted by atomic mass is 10.1. The molecular weight excluding hydrogens is 240 g/mol. The molecule has 0 saturated carbocycles. The molecular formula is C16H22O3. The van der Waals surface area contributed by atoms with Crippen LogP contribution >= 0.6 is 0 Å². The lowest BCUT2D eigenvalue weighted by Crippen LogP contribution is -2.27. The van der Waals surface area contributed by atoms with Gasteiger partial charge in [0, 0.05) is 0 Å². The van der Waals surface area contributed by atoms with Crippen LogP contribution in [0.4, 0.5) is 0 Å². The number of rotatable bonds is 8. The second-order valence-electron chi connectivity index (χ2n) is 5.22. The van der Waals surface area contributed by atoms with Crippen LogP contribution in [0.1, 0.15) is 13.8 Å². The van der Waals surface area contributed by atoms with Crippen LogP contribution in [-0.4, -0.2) is 37.6 Å². The van der Waals surface area contributed by atoms with Crippen molar-refractivity contribution < 1.29 is 14.2 Å². The Balaban J connectivity index is 1.96. The highest BCUT2D eigenvalue weighted by atomic mass is 16.6. The Hall–Kier alpha value is -1.16. The Morgan fingerprint density at radius 1 is 1.00 bits per heavy atom. The topological polar surface area (TPSA) is 34.3 Å². The van der Waals surface area contributed by atoms with Gasteiger partial charge in [-0.25, -0.2) is 0 Å². The van der Waals surface area contributed by atoms with Gasteiger partial charge in [-0.1, -0.05) is 48.6 Å². The van der Waals surface area contributed by atoms with Gasteiger partial charge in [0.05, 0.1) is 13.2 Å². The molecule has 2 saturated heterocycles. The Labute approximate surface area is 115 Å². The van der Waals surface area contributed by atoms with E-state index < -0.39 is 0 Å². The van der Waals surface area contributed by atoms with Crippen LogP contribution in [0, 0.1) is 0 Å². The Bertz CT molecular complexity index is 362. The average molecular weight is 262 g/mol. The quantitative estimate of drug-likeness (QED) is 0.498. The standard InChI is InChI=1S/C16H22O3/c1-11(2)5-7-13(15-9-17-15)19-14(16-10-18-16)8-6-12(3)4/h5-8,13-16H,1,3,9-10H2,2,4H3. The lowest BCUT2D eigenvalue weighted by Gasteiger charge is -2.18. The Kier molecular flexibility index (Phi) is 4.75. The summed E-state index contributed by atoms with van der Waals surface area (Å²) in [6.07, 6.45) is 8.22. The maximum Gasteiger partial charge on any atom is 0.111 e. The van der Waals surface area contributed by atoms with Gasteiger partial charge in [-0.2, -0.15) is 0 Å². The summed E-state index contributed by atoms with van der Waals surface area (Å²) in [5.74, 6) is 0. The zero-order chi connectivity index (χ0) is 13.8. The number of epoxide rings is 2. The summed E-state index contributed by atoms with van der Waals surface area (Å²) >= 11 is 0. The predicted octanol–water partition coefficient (Wildman–Crippen LogP) is 2.80. The van der Waals surface area contributed by atoms with E-state index in [0.29, 0.717) is 0 Å². The van der Waals surface area contributed by atoms with Crippen molar-refractivity contribution in [1.82, 2.24) is 0 Å². The Morgan fingerprint density at radius 3 is 1.63 bits per heavy atom. The molecule has 0 N–H and O–H groups in total. The third-order valence-electron chi connectivity index (χ3n) is 2.91. The summed E-state index contributed by atoms with van der Waals surface area (Å²) in [6.45, 7) is 13.2. The largest absolute Gasteiger partial charge is 0.370 e. The zero-order valence-electron chi connectivity index (χ0n) is 11.7. The van der Waals surface area contributed by atoms with Crippen LogP contribution in [0.25, 0.3) is 0 Å². The molecule has 0 aromatic rings. The summed E-state index contributed by atoms with van der Waals surface area (Å²) in [5, 5.41) is 0. The molecule has 3 heteroatoms. The molecule has 0 aromatic carbocycles. The molecule has 0 radical (unpaired) electrons. The minimum Gasteiger partial charge on any atom is -0.370 e. The van der Waals surface area contributed by atoms with Gasteiger partial charge in [0.15, 0.2) is 0 Å². The first kappa shape index (κ1) is 14.3. The molecule has 19 heavy (non-hydrogen) atoms. The molecule has 0 aliphatic carbocycles. The number of hydrogen-bond acceptors (Lipinski definition) is 3. The number of hydrogen-bond donors (Lipinski definition) is 0. The predicted molar refractivity (Wildman–Crippen MR) is 76.0 cm³/mol. The van der Waals surface area contributed by atoms with Crippen molar-refractivity contribution in [3.05, 3.63) is 48.6 Å². The fraction of sp³-hybridized carbons (Fsp3) is 0.500. The van der Waals surface area contributed by atoms with E-state index in [1.807, 2.05) is 38.2 Å². The van der Waals surface area contributed by atoms with Gasteiger partial charge < -0.3 is 14.2 Å².